The van der Waals surface area contributed by atoms with Crippen LogP contribution >= 0.6 is 0 Å². The minimum Gasteiger partial charge on any atom is -0.357 e. The number of benzene rings is 2. The van der Waals surface area contributed by atoms with E-state index in [1.54, 1.807) is 6.07 Å². The van der Waals surface area contributed by atoms with Crippen molar-refractivity contribution < 1.29 is 4.79 Å². The quantitative estimate of drug-likeness (QED) is 0.687. The molecule has 5 rings (SSSR count). The lowest BCUT2D eigenvalue weighted by atomic mass is 9.70. The Morgan fingerprint density at radius 2 is 1.93 bits per heavy atom. The van der Waals surface area contributed by atoms with Gasteiger partial charge in [-0.05, 0) is 67.6 Å². The first-order chi connectivity index (χ1) is 14.0. The van der Waals surface area contributed by atoms with Gasteiger partial charge >= 0.3 is 0 Å². The number of hydrogen-bond donors (Lipinski definition) is 2. The van der Waals surface area contributed by atoms with Gasteiger partial charge in [-0.1, -0.05) is 32.0 Å². The topological polar surface area (TPSA) is 68.7 Å². The van der Waals surface area contributed by atoms with Crippen LogP contribution in [0.15, 0.2) is 36.4 Å². The summed E-state index contributed by atoms with van der Waals surface area (Å²) < 4.78 is 0. The van der Waals surface area contributed by atoms with Crippen LogP contribution in [-0.2, 0) is 11.8 Å². The second-order valence-corrected chi connectivity index (χ2v) is 8.98. The van der Waals surface area contributed by atoms with E-state index < -0.39 is 0 Å². The number of carbonyl (C=O) groups excluding carboxylic acids is 1. The molecule has 1 aromatic heterocycles. The summed E-state index contributed by atoms with van der Waals surface area (Å²) >= 11 is 0. The molecule has 0 bridgehead atoms. The number of nitriles is 1. The zero-order valence-electron chi connectivity index (χ0n) is 16.9. The minimum atomic E-state index is -0.294. The number of aromatic nitrogens is 1. The first kappa shape index (κ1) is 18.1. The number of piperidine rings is 1. The second kappa shape index (κ2) is 6.57. The molecule has 0 amide bonds. The highest BCUT2D eigenvalue weighted by Gasteiger charge is 2.39. The van der Waals surface area contributed by atoms with E-state index >= 15 is 0 Å². The second-order valence-electron chi connectivity index (χ2n) is 8.98. The predicted molar refractivity (Wildman–Crippen MR) is 114 cm³/mol. The largest absolute Gasteiger partial charge is 0.357 e. The number of H-pyrrole nitrogens is 1. The van der Waals surface area contributed by atoms with Crippen LogP contribution in [-0.4, -0.2) is 23.9 Å². The maximum Gasteiger partial charge on any atom is 0.195 e. The lowest BCUT2D eigenvalue weighted by Crippen LogP contribution is -2.31. The van der Waals surface area contributed by atoms with Crippen LogP contribution in [0.5, 0.6) is 0 Å². The average Bonchev–Trinajstić information content (AvgIpc) is 3.13. The monoisotopic (exact) mass is 383 g/mol. The highest BCUT2D eigenvalue weighted by Crippen LogP contribution is 2.44. The Labute approximate surface area is 170 Å². The Kier molecular flexibility index (Phi) is 4.11. The maximum atomic E-state index is 13.6. The third-order valence-electron chi connectivity index (χ3n) is 6.76. The van der Waals surface area contributed by atoms with Crippen LogP contribution in [0, 0.1) is 17.2 Å². The van der Waals surface area contributed by atoms with Crippen molar-refractivity contribution in [3.05, 3.63) is 69.9 Å². The minimum absolute atomic E-state index is 0.0949. The van der Waals surface area contributed by atoms with Gasteiger partial charge in [0.1, 0.15) is 0 Å². The lowest BCUT2D eigenvalue weighted by Gasteiger charge is -2.32. The van der Waals surface area contributed by atoms with E-state index in [-0.39, 0.29) is 11.2 Å². The number of nitrogens with zero attached hydrogens (tertiary/aromatic N) is 1. The summed E-state index contributed by atoms with van der Waals surface area (Å²) in [5.74, 6) is 0.784. The smallest absolute Gasteiger partial charge is 0.195 e. The summed E-state index contributed by atoms with van der Waals surface area (Å²) in [4.78, 5) is 17.0. The fourth-order valence-electron chi connectivity index (χ4n) is 5.11. The van der Waals surface area contributed by atoms with Gasteiger partial charge in [-0.15, -0.1) is 0 Å². The molecular weight excluding hydrogens is 358 g/mol. The zero-order chi connectivity index (χ0) is 20.2. The van der Waals surface area contributed by atoms with Gasteiger partial charge in [0, 0.05) is 27.6 Å². The third kappa shape index (κ3) is 2.81. The van der Waals surface area contributed by atoms with Crippen LogP contribution in [0.3, 0.4) is 0 Å². The normalized spacial score (nSPS) is 18.3. The van der Waals surface area contributed by atoms with Gasteiger partial charge in [-0.2, -0.15) is 5.26 Å². The molecule has 1 fully saturated rings. The Hall–Kier alpha value is -2.90. The summed E-state index contributed by atoms with van der Waals surface area (Å²) in [7, 11) is 0. The van der Waals surface area contributed by atoms with Crippen molar-refractivity contribution >= 4 is 16.7 Å². The molecule has 2 heterocycles. The van der Waals surface area contributed by atoms with Crippen molar-refractivity contribution in [2.75, 3.05) is 13.1 Å². The number of hydrogen-bond acceptors (Lipinski definition) is 3. The van der Waals surface area contributed by atoms with Crippen molar-refractivity contribution in [3.8, 4) is 6.07 Å². The summed E-state index contributed by atoms with van der Waals surface area (Å²) in [5.41, 5.74) is 6.05. The van der Waals surface area contributed by atoms with E-state index in [0.29, 0.717) is 11.5 Å². The Bertz CT molecular complexity index is 1170. The van der Waals surface area contributed by atoms with E-state index in [4.69, 9.17) is 0 Å². The molecule has 0 radical (unpaired) electrons. The highest BCUT2D eigenvalue weighted by atomic mass is 16.1. The van der Waals surface area contributed by atoms with E-state index in [2.05, 4.69) is 48.4 Å². The molecule has 4 heteroatoms. The van der Waals surface area contributed by atoms with Crippen molar-refractivity contribution in [2.45, 2.75) is 38.5 Å². The number of fused-ring (bicyclic) bond motifs is 4. The fourth-order valence-corrected chi connectivity index (χ4v) is 5.11. The molecule has 0 atom stereocenters. The molecule has 4 nitrogen and oxygen atoms in total. The molecule has 1 aliphatic heterocycles. The first-order valence-corrected chi connectivity index (χ1v) is 10.4. The molecule has 0 spiro atoms. The van der Waals surface area contributed by atoms with Crippen LogP contribution in [0.4, 0.5) is 0 Å². The van der Waals surface area contributed by atoms with Crippen LogP contribution in [0.25, 0.3) is 10.9 Å². The average molecular weight is 383 g/mol. The van der Waals surface area contributed by atoms with E-state index in [1.807, 2.05) is 12.1 Å². The van der Waals surface area contributed by atoms with E-state index in [1.165, 1.54) is 18.4 Å². The molecule has 2 aliphatic rings. The standard InChI is InChI=1S/C25H25N3O/c1-25(2)20-6-4-16(11-15-7-9-27-10-8-15)12-19(20)23(29)22-18-5-3-17(14-26)13-21(18)28-24(22)25/h3-6,12-13,15,27-28H,7-11H2,1-2H3. The number of nitrogens with one attached hydrogen (secondary N) is 2. The third-order valence-corrected chi connectivity index (χ3v) is 6.76. The van der Waals surface area contributed by atoms with Gasteiger partial charge in [0.15, 0.2) is 5.78 Å². The van der Waals surface area contributed by atoms with Gasteiger partial charge in [0.2, 0.25) is 0 Å². The van der Waals surface area contributed by atoms with Gasteiger partial charge in [-0.3, -0.25) is 4.79 Å². The van der Waals surface area contributed by atoms with Crippen LogP contribution in [0.2, 0.25) is 0 Å². The number of rotatable bonds is 2. The predicted octanol–water partition coefficient (Wildman–Crippen LogP) is 4.45. The first-order valence-electron chi connectivity index (χ1n) is 10.4. The molecule has 0 saturated carbocycles. The van der Waals surface area contributed by atoms with Gasteiger partial charge in [-0.25, -0.2) is 0 Å². The van der Waals surface area contributed by atoms with Gasteiger partial charge in [0.05, 0.1) is 17.2 Å². The molecule has 2 N–H and O–H groups in total. The van der Waals surface area contributed by atoms with Crippen LogP contribution < -0.4 is 5.32 Å². The Morgan fingerprint density at radius 3 is 2.69 bits per heavy atom. The Morgan fingerprint density at radius 1 is 1.14 bits per heavy atom. The SMILES string of the molecule is CC1(C)c2ccc(CC3CCNCC3)cc2C(=O)c2c1[nH]c1cc(C#N)ccc21. The molecular formula is C25H25N3O. The molecule has 2 aromatic carbocycles. The van der Waals surface area contributed by atoms with Gasteiger partial charge < -0.3 is 10.3 Å². The highest BCUT2D eigenvalue weighted by molar-refractivity contribution is 6.20. The van der Waals surface area contributed by atoms with Gasteiger partial charge in [0.25, 0.3) is 0 Å². The summed E-state index contributed by atoms with van der Waals surface area (Å²) in [6, 6.07) is 14.2. The fraction of sp³-hybridized carbons (Fsp3) is 0.360. The van der Waals surface area contributed by atoms with E-state index in [0.717, 1.165) is 52.8 Å². The molecule has 146 valence electrons. The molecule has 1 saturated heterocycles. The van der Waals surface area contributed by atoms with Crippen LogP contribution in [0.1, 0.15) is 65.0 Å². The van der Waals surface area contributed by atoms with Crippen molar-refractivity contribution in [2.24, 2.45) is 5.92 Å². The van der Waals surface area contributed by atoms with E-state index in [9.17, 15) is 10.1 Å². The molecule has 3 aromatic rings. The summed E-state index contributed by atoms with van der Waals surface area (Å²) in [5, 5.41) is 13.6. The molecule has 1 aliphatic carbocycles. The lowest BCUT2D eigenvalue weighted by molar-refractivity contribution is 0.103. The zero-order valence-corrected chi connectivity index (χ0v) is 16.9. The number of aromatic amines is 1. The molecule has 29 heavy (non-hydrogen) atoms. The summed E-state index contributed by atoms with van der Waals surface area (Å²) in [6.45, 7) is 6.52. The maximum absolute atomic E-state index is 13.6. The van der Waals surface area contributed by atoms with Crippen molar-refractivity contribution in [3.63, 3.8) is 0 Å². The van der Waals surface area contributed by atoms with Crippen molar-refractivity contribution in [1.29, 1.82) is 5.26 Å². The number of carbonyl (C=O) groups is 1. The summed E-state index contributed by atoms with van der Waals surface area (Å²) in [6.07, 6.45) is 3.43. The molecule has 0 unspecified atom stereocenters. The van der Waals surface area contributed by atoms with Crippen molar-refractivity contribution in [1.82, 2.24) is 10.3 Å². The Balaban J connectivity index is 1.61. The number of ketones is 1.